The third-order valence-corrected chi connectivity index (χ3v) is 6.11. The molecule has 0 unspecified atom stereocenters. The zero-order valence-electron chi connectivity index (χ0n) is 18.3. The zero-order valence-corrected chi connectivity index (χ0v) is 19.1. The first-order valence-electron chi connectivity index (χ1n) is 10.4. The van der Waals surface area contributed by atoms with Gasteiger partial charge in [-0.2, -0.15) is 0 Å². The van der Waals surface area contributed by atoms with Crippen LogP contribution in [0.5, 0.6) is 11.5 Å². The molecule has 1 amide bonds. The molecular weight excluding hydrogens is 428 g/mol. The fourth-order valence-corrected chi connectivity index (χ4v) is 4.39. The molecule has 0 fully saturated rings. The number of benzene rings is 3. The zero-order chi connectivity index (χ0) is 23.0. The van der Waals surface area contributed by atoms with E-state index in [-0.39, 0.29) is 18.9 Å². The van der Waals surface area contributed by atoms with Gasteiger partial charge in [0.1, 0.15) is 18.1 Å². The number of hydrogen-bond donors (Lipinski definition) is 1. The van der Waals surface area contributed by atoms with E-state index in [4.69, 9.17) is 9.47 Å². The lowest BCUT2D eigenvalue weighted by Crippen LogP contribution is -2.33. The number of methoxy groups -OCH3 is 1. The maximum absolute atomic E-state index is 12.4. The molecule has 0 atom stereocenters. The molecule has 0 saturated carbocycles. The second-order valence-electron chi connectivity index (χ2n) is 7.31. The molecule has 7 nitrogen and oxygen atoms in total. The van der Waals surface area contributed by atoms with Crippen molar-refractivity contribution in [3.63, 3.8) is 0 Å². The standard InChI is InChI=1S/C24H28N2O5S/c1-30-20-10-6-11-21(18-20)31-17-15-25-24(27)14-7-16-26(32(2,28)29)23-13-5-9-19-8-3-4-12-22(19)23/h3-6,8-13,18H,7,14-17H2,1-2H3,(H,25,27). The minimum Gasteiger partial charge on any atom is -0.497 e. The Morgan fingerprint density at radius 3 is 2.50 bits per heavy atom. The summed E-state index contributed by atoms with van der Waals surface area (Å²) >= 11 is 0. The molecule has 3 aromatic rings. The Morgan fingerprint density at radius 2 is 1.72 bits per heavy atom. The van der Waals surface area contributed by atoms with E-state index < -0.39 is 10.0 Å². The van der Waals surface area contributed by atoms with Crippen LogP contribution in [0.2, 0.25) is 0 Å². The molecule has 170 valence electrons. The molecule has 0 radical (unpaired) electrons. The van der Waals surface area contributed by atoms with Crippen LogP contribution < -0.4 is 19.1 Å². The molecule has 0 heterocycles. The number of carbonyl (C=O) groups excluding carboxylic acids is 1. The normalized spacial score (nSPS) is 11.2. The molecule has 8 heteroatoms. The largest absolute Gasteiger partial charge is 0.497 e. The number of rotatable bonds is 11. The van der Waals surface area contributed by atoms with Crippen molar-refractivity contribution in [2.45, 2.75) is 12.8 Å². The second-order valence-corrected chi connectivity index (χ2v) is 9.22. The molecule has 0 aromatic heterocycles. The fourth-order valence-electron chi connectivity index (χ4n) is 3.41. The van der Waals surface area contributed by atoms with Gasteiger partial charge in [0.2, 0.25) is 15.9 Å². The van der Waals surface area contributed by atoms with Gasteiger partial charge in [-0.3, -0.25) is 9.10 Å². The molecule has 3 rings (SSSR count). The number of ether oxygens (including phenoxy) is 2. The van der Waals surface area contributed by atoms with Crippen LogP contribution in [-0.2, 0) is 14.8 Å². The van der Waals surface area contributed by atoms with E-state index in [1.165, 1.54) is 10.6 Å². The molecule has 0 aliphatic heterocycles. The molecule has 0 saturated heterocycles. The highest BCUT2D eigenvalue weighted by molar-refractivity contribution is 7.92. The van der Waals surface area contributed by atoms with Crippen LogP contribution in [0.4, 0.5) is 5.69 Å². The number of nitrogens with zero attached hydrogens (tertiary/aromatic N) is 1. The highest BCUT2D eigenvalue weighted by Gasteiger charge is 2.19. The number of carbonyl (C=O) groups is 1. The van der Waals surface area contributed by atoms with Crippen molar-refractivity contribution in [2.75, 3.05) is 37.4 Å². The van der Waals surface area contributed by atoms with Crippen LogP contribution in [0.1, 0.15) is 12.8 Å². The predicted octanol–water partition coefficient (Wildman–Crippen LogP) is 3.59. The highest BCUT2D eigenvalue weighted by Crippen LogP contribution is 2.28. The number of hydrogen-bond acceptors (Lipinski definition) is 5. The van der Waals surface area contributed by atoms with Crippen molar-refractivity contribution in [3.8, 4) is 11.5 Å². The van der Waals surface area contributed by atoms with E-state index in [0.29, 0.717) is 36.8 Å². The molecule has 0 aliphatic carbocycles. The number of anilines is 1. The van der Waals surface area contributed by atoms with E-state index in [0.717, 1.165) is 10.8 Å². The Balaban J connectivity index is 1.50. The summed E-state index contributed by atoms with van der Waals surface area (Å²) in [5.41, 5.74) is 0.623. The Labute approximate surface area is 189 Å². The summed E-state index contributed by atoms with van der Waals surface area (Å²) in [5.74, 6) is 1.22. The minimum atomic E-state index is -3.49. The van der Waals surface area contributed by atoms with Gasteiger partial charge in [0, 0.05) is 24.4 Å². The highest BCUT2D eigenvalue weighted by atomic mass is 32.2. The molecule has 0 bridgehead atoms. The van der Waals surface area contributed by atoms with Crippen LogP contribution in [0.15, 0.2) is 66.7 Å². The van der Waals surface area contributed by atoms with Crippen LogP contribution in [0.3, 0.4) is 0 Å². The van der Waals surface area contributed by atoms with E-state index in [1.807, 2.05) is 54.6 Å². The number of fused-ring (bicyclic) bond motifs is 1. The van der Waals surface area contributed by atoms with Gasteiger partial charge in [-0.15, -0.1) is 0 Å². The van der Waals surface area contributed by atoms with E-state index >= 15 is 0 Å². The molecule has 0 spiro atoms. The van der Waals surface area contributed by atoms with Crippen molar-refractivity contribution in [2.24, 2.45) is 0 Å². The Morgan fingerprint density at radius 1 is 1.00 bits per heavy atom. The van der Waals surface area contributed by atoms with Gasteiger partial charge < -0.3 is 14.8 Å². The van der Waals surface area contributed by atoms with Gasteiger partial charge in [-0.25, -0.2) is 8.42 Å². The van der Waals surface area contributed by atoms with Crippen molar-refractivity contribution < 1.29 is 22.7 Å². The third kappa shape index (κ3) is 6.37. The molecule has 0 aliphatic rings. The minimum absolute atomic E-state index is 0.148. The molecule has 32 heavy (non-hydrogen) atoms. The molecular formula is C24H28N2O5S. The van der Waals surface area contributed by atoms with Gasteiger partial charge >= 0.3 is 0 Å². The van der Waals surface area contributed by atoms with Crippen molar-refractivity contribution in [3.05, 3.63) is 66.7 Å². The Hall–Kier alpha value is -3.26. The first kappa shape index (κ1) is 23.4. The summed E-state index contributed by atoms with van der Waals surface area (Å²) in [7, 11) is -1.91. The summed E-state index contributed by atoms with van der Waals surface area (Å²) in [5, 5.41) is 4.63. The first-order valence-corrected chi connectivity index (χ1v) is 12.2. The molecule has 3 aromatic carbocycles. The topological polar surface area (TPSA) is 84.9 Å². The van der Waals surface area contributed by atoms with Crippen LogP contribution in [0, 0.1) is 0 Å². The van der Waals surface area contributed by atoms with E-state index in [2.05, 4.69) is 5.32 Å². The van der Waals surface area contributed by atoms with Gasteiger partial charge in [0.25, 0.3) is 0 Å². The lowest BCUT2D eigenvalue weighted by molar-refractivity contribution is -0.121. The van der Waals surface area contributed by atoms with E-state index in [9.17, 15) is 13.2 Å². The maximum atomic E-state index is 12.4. The smallest absolute Gasteiger partial charge is 0.232 e. The van der Waals surface area contributed by atoms with Gasteiger partial charge in [-0.05, 0) is 30.0 Å². The van der Waals surface area contributed by atoms with Gasteiger partial charge in [0.15, 0.2) is 0 Å². The summed E-state index contributed by atoms with van der Waals surface area (Å²) in [6, 6.07) is 20.5. The lowest BCUT2D eigenvalue weighted by Gasteiger charge is -2.24. The predicted molar refractivity (Wildman–Crippen MR) is 127 cm³/mol. The summed E-state index contributed by atoms with van der Waals surface area (Å²) in [6.45, 7) is 0.903. The summed E-state index contributed by atoms with van der Waals surface area (Å²) in [4.78, 5) is 12.2. The third-order valence-electron chi connectivity index (χ3n) is 4.93. The number of amides is 1. The van der Waals surface area contributed by atoms with Crippen LogP contribution in [-0.4, -0.2) is 47.4 Å². The molecule has 1 N–H and O–H groups in total. The summed E-state index contributed by atoms with van der Waals surface area (Å²) in [6.07, 6.45) is 1.81. The Kier molecular flexibility index (Phi) is 7.94. The SMILES string of the molecule is COc1cccc(OCCNC(=O)CCCN(c2cccc3ccccc23)S(C)(=O)=O)c1. The van der Waals surface area contributed by atoms with Crippen molar-refractivity contribution in [1.29, 1.82) is 0 Å². The average Bonchev–Trinajstić information content (AvgIpc) is 2.79. The Bertz CT molecular complexity index is 1160. The second kappa shape index (κ2) is 10.9. The van der Waals surface area contributed by atoms with Gasteiger partial charge in [-0.1, -0.05) is 42.5 Å². The van der Waals surface area contributed by atoms with Crippen molar-refractivity contribution in [1.82, 2.24) is 5.32 Å². The summed E-state index contributed by atoms with van der Waals surface area (Å²) < 4.78 is 37.0. The lowest BCUT2D eigenvalue weighted by atomic mass is 10.1. The van der Waals surface area contributed by atoms with Crippen molar-refractivity contribution >= 4 is 32.4 Å². The number of sulfonamides is 1. The first-order chi connectivity index (χ1) is 15.4. The number of nitrogens with one attached hydrogen (secondary N) is 1. The monoisotopic (exact) mass is 456 g/mol. The maximum Gasteiger partial charge on any atom is 0.232 e. The average molecular weight is 457 g/mol. The van der Waals surface area contributed by atoms with Crippen LogP contribution in [0.25, 0.3) is 10.8 Å². The van der Waals surface area contributed by atoms with E-state index in [1.54, 1.807) is 19.2 Å². The van der Waals surface area contributed by atoms with Crippen LogP contribution >= 0.6 is 0 Å². The fraction of sp³-hybridized carbons (Fsp3) is 0.292. The van der Waals surface area contributed by atoms with Gasteiger partial charge in [0.05, 0.1) is 25.6 Å². The quantitative estimate of drug-likeness (QED) is 0.446.